The molecule has 0 aromatic carbocycles. The van der Waals surface area contributed by atoms with Crippen molar-refractivity contribution in [2.45, 2.75) is 32.0 Å². The standard InChI is InChI=1S/C10H13F3N2/c1-7-8(3-2-6-15-7)9(14)4-5-10(11,12)13/h2-3,6,9H,4-5,14H2,1H3. The van der Waals surface area contributed by atoms with Gasteiger partial charge in [-0.25, -0.2) is 0 Å². The van der Waals surface area contributed by atoms with Crippen molar-refractivity contribution in [3.8, 4) is 0 Å². The molecule has 0 aliphatic carbocycles. The average Bonchev–Trinajstić information content (AvgIpc) is 2.14. The van der Waals surface area contributed by atoms with Gasteiger partial charge in [0.05, 0.1) is 0 Å². The number of aromatic nitrogens is 1. The SMILES string of the molecule is Cc1ncccc1C(N)CCC(F)(F)F. The number of hydrogen-bond donors (Lipinski definition) is 1. The third-order valence-electron chi connectivity index (χ3n) is 2.19. The van der Waals surface area contributed by atoms with Crippen molar-refractivity contribution in [1.29, 1.82) is 0 Å². The Morgan fingerprint density at radius 2 is 2.13 bits per heavy atom. The van der Waals surface area contributed by atoms with Crippen molar-refractivity contribution in [1.82, 2.24) is 4.98 Å². The maximum Gasteiger partial charge on any atom is 0.389 e. The molecule has 84 valence electrons. The molecule has 0 amide bonds. The molecule has 1 rings (SSSR count). The fourth-order valence-corrected chi connectivity index (χ4v) is 1.36. The minimum atomic E-state index is -4.15. The minimum absolute atomic E-state index is 0.101. The van der Waals surface area contributed by atoms with E-state index in [9.17, 15) is 13.2 Å². The van der Waals surface area contributed by atoms with Crippen LogP contribution in [-0.4, -0.2) is 11.2 Å². The smallest absolute Gasteiger partial charge is 0.324 e. The summed E-state index contributed by atoms with van der Waals surface area (Å²) >= 11 is 0. The number of alkyl halides is 3. The molecule has 1 unspecified atom stereocenters. The van der Waals surface area contributed by atoms with Gasteiger partial charge in [0.15, 0.2) is 0 Å². The highest BCUT2D eigenvalue weighted by molar-refractivity contribution is 5.21. The van der Waals surface area contributed by atoms with Gasteiger partial charge in [0, 0.05) is 24.4 Å². The molecule has 0 saturated heterocycles. The summed E-state index contributed by atoms with van der Waals surface area (Å²) in [6.45, 7) is 1.74. The summed E-state index contributed by atoms with van der Waals surface area (Å²) in [5.74, 6) is 0. The number of halogens is 3. The monoisotopic (exact) mass is 218 g/mol. The van der Waals surface area contributed by atoms with Crippen LogP contribution in [0, 0.1) is 6.92 Å². The summed E-state index contributed by atoms with van der Waals surface area (Å²) < 4.78 is 35.9. The van der Waals surface area contributed by atoms with Crippen LogP contribution in [0.5, 0.6) is 0 Å². The molecular weight excluding hydrogens is 205 g/mol. The molecule has 0 spiro atoms. The number of pyridine rings is 1. The Kier molecular flexibility index (Phi) is 3.68. The molecule has 15 heavy (non-hydrogen) atoms. The van der Waals surface area contributed by atoms with Gasteiger partial charge in [0.2, 0.25) is 0 Å². The van der Waals surface area contributed by atoms with Crippen molar-refractivity contribution < 1.29 is 13.2 Å². The van der Waals surface area contributed by atoms with E-state index in [1.165, 1.54) is 0 Å². The van der Waals surface area contributed by atoms with Gasteiger partial charge in [-0.05, 0) is 25.0 Å². The zero-order chi connectivity index (χ0) is 11.5. The molecule has 2 N–H and O–H groups in total. The number of aryl methyl sites for hydroxylation is 1. The molecule has 0 bridgehead atoms. The van der Waals surface area contributed by atoms with Crippen molar-refractivity contribution in [3.63, 3.8) is 0 Å². The van der Waals surface area contributed by atoms with E-state index in [1.54, 1.807) is 25.3 Å². The first-order valence-corrected chi connectivity index (χ1v) is 4.64. The summed E-state index contributed by atoms with van der Waals surface area (Å²) in [4.78, 5) is 3.98. The van der Waals surface area contributed by atoms with Crippen LogP contribution >= 0.6 is 0 Å². The van der Waals surface area contributed by atoms with E-state index in [0.29, 0.717) is 11.3 Å². The van der Waals surface area contributed by atoms with E-state index in [1.807, 2.05) is 0 Å². The quantitative estimate of drug-likeness (QED) is 0.847. The molecule has 2 nitrogen and oxygen atoms in total. The Morgan fingerprint density at radius 1 is 1.47 bits per heavy atom. The number of hydrogen-bond acceptors (Lipinski definition) is 2. The predicted molar refractivity (Wildman–Crippen MR) is 51.2 cm³/mol. The van der Waals surface area contributed by atoms with E-state index in [4.69, 9.17) is 5.73 Å². The summed E-state index contributed by atoms with van der Waals surface area (Å²) in [5, 5.41) is 0. The van der Waals surface area contributed by atoms with Gasteiger partial charge in [-0.15, -0.1) is 0 Å². The molecule has 1 atom stereocenters. The largest absolute Gasteiger partial charge is 0.389 e. The van der Waals surface area contributed by atoms with E-state index >= 15 is 0 Å². The van der Waals surface area contributed by atoms with Crippen molar-refractivity contribution in [3.05, 3.63) is 29.6 Å². The Morgan fingerprint density at radius 3 is 2.67 bits per heavy atom. The number of nitrogens with two attached hydrogens (primary N) is 1. The van der Waals surface area contributed by atoms with Gasteiger partial charge >= 0.3 is 6.18 Å². The highest BCUT2D eigenvalue weighted by Gasteiger charge is 2.28. The Hall–Kier alpha value is -1.10. The fourth-order valence-electron chi connectivity index (χ4n) is 1.36. The van der Waals surface area contributed by atoms with Crippen LogP contribution in [0.2, 0.25) is 0 Å². The molecule has 0 aliphatic rings. The fraction of sp³-hybridized carbons (Fsp3) is 0.500. The highest BCUT2D eigenvalue weighted by atomic mass is 19.4. The summed E-state index contributed by atoms with van der Waals surface area (Å²) in [6.07, 6.45) is -3.51. The van der Waals surface area contributed by atoms with E-state index in [0.717, 1.165) is 0 Å². The van der Waals surface area contributed by atoms with Crippen LogP contribution in [0.4, 0.5) is 13.2 Å². The van der Waals surface area contributed by atoms with E-state index in [-0.39, 0.29) is 6.42 Å². The normalized spacial score (nSPS) is 13.9. The Labute approximate surface area is 86.3 Å². The van der Waals surface area contributed by atoms with E-state index < -0.39 is 18.6 Å². The first-order chi connectivity index (χ1) is 6.90. The van der Waals surface area contributed by atoms with E-state index in [2.05, 4.69) is 4.98 Å². The van der Waals surface area contributed by atoms with Gasteiger partial charge < -0.3 is 5.73 Å². The van der Waals surface area contributed by atoms with Gasteiger partial charge in [-0.2, -0.15) is 13.2 Å². The van der Waals surface area contributed by atoms with Crippen molar-refractivity contribution >= 4 is 0 Å². The average molecular weight is 218 g/mol. The second-order valence-electron chi connectivity index (χ2n) is 3.44. The Balaban J connectivity index is 2.62. The molecule has 0 saturated carbocycles. The van der Waals surface area contributed by atoms with Crippen LogP contribution in [-0.2, 0) is 0 Å². The summed E-state index contributed by atoms with van der Waals surface area (Å²) in [7, 11) is 0. The summed E-state index contributed by atoms with van der Waals surface area (Å²) in [6, 6.07) is 2.79. The maximum atomic E-state index is 12.0. The predicted octanol–water partition coefficient (Wildman–Crippen LogP) is 2.73. The highest BCUT2D eigenvalue weighted by Crippen LogP contribution is 2.26. The third kappa shape index (κ3) is 3.87. The molecular formula is C10H13F3N2. The molecule has 0 fully saturated rings. The minimum Gasteiger partial charge on any atom is -0.324 e. The van der Waals surface area contributed by atoms with Crippen molar-refractivity contribution in [2.75, 3.05) is 0 Å². The van der Waals surface area contributed by atoms with Crippen LogP contribution in [0.15, 0.2) is 18.3 Å². The second kappa shape index (κ2) is 4.61. The third-order valence-corrected chi connectivity index (χ3v) is 2.19. The number of rotatable bonds is 3. The maximum absolute atomic E-state index is 12.0. The Bertz CT molecular complexity index is 323. The van der Waals surface area contributed by atoms with Crippen molar-refractivity contribution in [2.24, 2.45) is 5.73 Å². The van der Waals surface area contributed by atoms with Gasteiger partial charge in [-0.1, -0.05) is 6.07 Å². The zero-order valence-electron chi connectivity index (χ0n) is 8.38. The van der Waals surface area contributed by atoms with Crippen LogP contribution in [0.1, 0.15) is 30.1 Å². The lowest BCUT2D eigenvalue weighted by molar-refractivity contribution is -0.136. The second-order valence-corrected chi connectivity index (χ2v) is 3.44. The lowest BCUT2D eigenvalue weighted by atomic mass is 10.0. The molecule has 5 heteroatoms. The topological polar surface area (TPSA) is 38.9 Å². The van der Waals surface area contributed by atoms with Gasteiger partial charge in [0.25, 0.3) is 0 Å². The lowest BCUT2D eigenvalue weighted by Gasteiger charge is -2.14. The van der Waals surface area contributed by atoms with Crippen LogP contribution < -0.4 is 5.73 Å². The lowest BCUT2D eigenvalue weighted by Crippen LogP contribution is -2.16. The zero-order valence-corrected chi connectivity index (χ0v) is 8.38. The molecule has 1 aromatic heterocycles. The van der Waals surface area contributed by atoms with Crippen LogP contribution in [0.25, 0.3) is 0 Å². The number of nitrogens with zero attached hydrogens (tertiary/aromatic N) is 1. The summed E-state index contributed by atoms with van der Waals surface area (Å²) in [5.41, 5.74) is 7.03. The first-order valence-electron chi connectivity index (χ1n) is 4.64. The molecule has 1 heterocycles. The molecule has 0 radical (unpaired) electrons. The van der Waals surface area contributed by atoms with Crippen LogP contribution in [0.3, 0.4) is 0 Å². The molecule has 1 aromatic rings. The van der Waals surface area contributed by atoms with Gasteiger partial charge in [-0.3, -0.25) is 4.98 Å². The van der Waals surface area contributed by atoms with Gasteiger partial charge in [0.1, 0.15) is 0 Å². The molecule has 0 aliphatic heterocycles. The first kappa shape index (κ1) is 12.0.